The van der Waals surface area contributed by atoms with Crippen LogP contribution in [-0.4, -0.2) is 41.4 Å². The summed E-state index contributed by atoms with van der Waals surface area (Å²) < 4.78 is 26.1. The summed E-state index contributed by atoms with van der Waals surface area (Å²) in [5, 5.41) is 5.26. The van der Waals surface area contributed by atoms with Gasteiger partial charge in [-0.3, -0.25) is 9.48 Å². The molecule has 130 valence electrons. The van der Waals surface area contributed by atoms with E-state index in [0.717, 1.165) is 16.5 Å². The fraction of sp³-hybridized carbons (Fsp3) is 0.294. The molecule has 4 rings (SSSR count). The molecular formula is C17H18N4O3S. The molecule has 0 fully saturated rings. The first-order chi connectivity index (χ1) is 11.8. The van der Waals surface area contributed by atoms with Crippen LogP contribution in [0.4, 0.5) is 5.69 Å². The van der Waals surface area contributed by atoms with Crippen LogP contribution < -0.4 is 4.90 Å². The minimum absolute atomic E-state index is 0.107. The Morgan fingerprint density at radius 1 is 1.24 bits per heavy atom. The van der Waals surface area contributed by atoms with Gasteiger partial charge in [-0.05, 0) is 31.5 Å². The standard InChI is InChI=1S/C17H18N4O3S/c1-10-4-5-12-9-14(18-13(12)8-10)16(22)21-6-7-25(23,24)17-15(21)11(2)19-20(17)3/h4-5,8-9,18H,6-7H2,1-3H3. The zero-order chi connectivity index (χ0) is 17.9. The van der Waals surface area contributed by atoms with E-state index >= 15 is 0 Å². The molecule has 0 saturated heterocycles. The van der Waals surface area contributed by atoms with Gasteiger partial charge in [0.1, 0.15) is 11.4 Å². The highest BCUT2D eigenvalue weighted by Crippen LogP contribution is 2.34. The number of carbonyl (C=O) groups excluding carboxylic acids is 1. The largest absolute Gasteiger partial charge is 0.351 e. The van der Waals surface area contributed by atoms with E-state index < -0.39 is 9.84 Å². The van der Waals surface area contributed by atoms with Crippen LogP contribution in [0, 0.1) is 13.8 Å². The summed E-state index contributed by atoms with van der Waals surface area (Å²) in [5.74, 6) is -0.356. The van der Waals surface area contributed by atoms with Crippen LogP contribution in [0.2, 0.25) is 0 Å². The molecule has 0 radical (unpaired) electrons. The van der Waals surface area contributed by atoms with Crippen LogP contribution in [0.3, 0.4) is 0 Å². The van der Waals surface area contributed by atoms with Crippen LogP contribution in [0.15, 0.2) is 29.3 Å². The van der Waals surface area contributed by atoms with Gasteiger partial charge in [0.05, 0.1) is 11.4 Å². The van der Waals surface area contributed by atoms with E-state index in [2.05, 4.69) is 10.1 Å². The molecule has 1 aromatic carbocycles. The molecule has 3 heterocycles. The molecule has 1 amide bonds. The second-order valence-corrected chi connectivity index (χ2v) is 8.44. The number of amides is 1. The predicted octanol–water partition coefficient (Wildman–Crippen LogP) is 1.95. The molecule has 1 aliphatic heterocycles. The third-order valence-electron chi connectivity index (χ3n) is 4.54. The van der Waals surface area contributed by atoms with E-state index in [9.17, 15) is 13.2 Å². The minimum Gasteiger partial charge on any atom is -0.351 e. The van der Waals surface area contributed by atoms with Gasteiger partial charge in [-0.15, -0.1) is 0 Å². The highest BCUT2D eigenvalue weighted by molar-refractivity contribution is 7.91. The second kappa shape index (κ2) is 5.19. The molecule has 8 heteroatoms. The van der Waals surface area contributed by atoms with E-state index in [0.29, 0.717) is 17.1 Å². The molecule has 1 aliphatic rings. The van der Waals surface area contributed by atoms with Crippen LogP contribution >= 0.6 is 0 Å². The van der Waals surface area contributed by atoms with E-state index in [4.69, 9.17) is 0 Å². The van der Waals surface area contributed by atoms with Gasteiger partial charge >= 0.3 is 0 Å². The Hall–Kier alpha value is -2.61. The average Bonchev–Trinajstić information content (AvgIpc) is 3.08. The third-order valence-corrected chi connectivity index (χ3v) is 6.31. The van der Waals surface area contributed by atoms with Crippen LogP contribution in [0.1, 0.15) is 21.7 Å². The quantitative estimate of drug-likeness (QED) is 0.720. The molecule has 0 unspecified atom stereocenters. The van der Waals surface area contributed by atoms with Crippen molar-refractivity contribution in [2.24, 2.45) is 7.05 Å². The number of benzene rings is 1. The van der Waals surface area contributed by atoms with Gasteiger partial charge in [0.2, 0.25) is 0 Å². The zero-order valence-corrected chi connectivity index (χ0v) is 15.0. The number of aryl methyl sites for hydroxylation is 3. The Morgan fingerprint density at radius 3 is 2.76 bits per heavy atom. The number of aromatic nitrogens is 3. The minimum atomic E-state index is -3.43. The first-order valence-corrected chi connectivity index (χ1v) is 9.61. The lowest BCUT2D eigenvalue weighted by Gasteiger charge is -2.27. The number of sulfone groups is 1. The Morgan fingerprint density at radius 2 is 2.00 bits per heavy atom. The van der Waals surface area contributed by atoms with Crippen molar-refractivity contribution in [3.63, 3.8) is 0 Å². The molecule has 0 saturated carbocycles. The number of anilines is 1. The fourth-order valence-electron chi connectivity index (χ4n) is 3.41. The lowest BCUT2D eigenvalue weighted by atomic mass is 10.2. The second-order valence-electron chi connectivity index (χ2n) is 6.41. The molecule has 1 N–H and O–H groups in total. The number of hydrogen-bond acceptors (Lipinski definition) is 4. The summed E-state index contributed by atoms with van der Waals surface area (Å²) in [6, 6.07) is 7.72. The number of nitrogens with one attached hydrogen (secondary N) is 1. The van der Waals surface area contributed by atoms with Crippen molar-refractivity contribution in [1.82, 2.24) is 14.8 Å². The molecule has 0 bridgehead atoms. The molecule has 3 aromatic rings. The summed E-state index contributed by atoms with van der Waals surface area (Å²) in [6.45, 7) is 3.83. The normalized spacial score (nSPS) is 16.2. The summed E-state index contributed by atoms with van der Waals surface area (Å²) in [4.78, 5) is 17.7. The number of hydrogen-bond donors (Lipinski definition) is 1. The van der Waals surface area contributed by atoms with E-state index in [1.807, 2.05) is 25.1 Å². The van der Waals surface area contributed by atoms with E-state index in [1.54, 1.807) is 20.0 Å². The van der Waals surface area contributed by atoms with Crippen LogP contribution in [0.5, 0.6) is 0 Å². The van der Waals surface area contributed by atoms with Crippen molar-refractivity contribution in [3.05, 3.63) is 41.2 Å². The summed E-state index contributed by atoms with van der Waals surface area (Å²) in [7, 11) is -1.85. The number of carbonyl (C=O) groups is 1. The predicted molar refractivity (Wildman–Crippen MR) is 94.7 cm³/mol. The number of nitrogens with zero attached hydrogens (tertiary/aromatic N) is 3. The van der Waals surface area contributed by atoms with E-state index in [1.165, 1.54) is 9.58 Å². The Bertz CT molecular complexity index is 1120. The van der Waals surface area contributed by atoms with Gasteiger partial charge in [0.25, 0.3) is 5.91 Å². The lowest BCUT2D eigenvalue weighted by Crippen LogP contribution is -2.40. The van der Waals surface area contributed by atoms with Crippen molar-refractivity contribution in [1.29, 1.82) is 0 Å². The first-order valence-electron chi connectivity index (χ1n) is 7.95. The maximum Gasteiger partial charge on any atom is 0.274 e. The fourth-order valence-corrected chi connectivity index (χ4v) is 5.02. The molecule has 2 aromatic heterocycles. The Labute approximate surface area is 145 Å². The highest BCUT2D eigenvalue weighted by Gasteiger charge is 2.37. The molecule has 0 atom stereocenters. The smallest absolute Gasteiger partial charge is 0.274 e. The van der Waals surface area contributed by atoms with Gasteiger partial charge in [0, 0.05) is 24.5 Å². The van der Waals surface area contributed by atoms with Crippen LogP contribution in [-0.2, 0) is 16.9 Å². The maximum atomic E-state index is 13.1. The van der Waals surface area contributed by atoms with Gasteiger partial charge in [0.15, 0.2) is 14.9 Å². The topological polar surface area (TPSA) is 88.1 Å². The number of fused-ring (bicyclic) bond motifs is 2. The Kier molecular flexibility index (Phi) is 3.30. The number of rotatable bonds is 1. The monoisotopic (exact) mass is 358 g/mol. The van der Waals surface area contributed by atoms with Crippen molar-refractivity contribution < 1.29 is 13.2 Å². The van der Waals surface area contributed by atoms with Gasteiger partial charge in [-0.1, -0.05) is 12.1 Å². The van der Waals surface area contributed by atoms with Crippen molar-refractivity contribution >= 4 is 32.3 Å². The van der Waals surface area contributed by atoms with Crippen molar-refractivity contribution in [2.45, 2.75) is 18.9 Å². The van der Waals surface area contributed by atoms with Crippen LogP contribution in [0.25, 0.3) is 10.9 Å². The first kappa shape index (κ1) is 15.9. The number of H-pyrrole nitrogens is 1. The highest BCUT2D eigenvalue weighted by atomic mass is 32.2. The van der Waals surface area contributed by atoms with Gasteiger partial charge in [-0.2, -0.15) is 5.10 Å². The SMILES string of the molecule is Cc1ccc2cc(C(=O)N3CCS(=O)(=O)c4c3c(C)nn4C)[nH]c2c1. The van der Waals surface area contributed by atoms with Gasteiger partial charge in [-0.25, -0.2) is 8.42 Å². The average molecular weight is 358 g/mol. The molecule has 25 heavy (non-hydrogen) atoms. The lowest BCUT2D eigenvalue weighted by molar-refractivity contribution is 0.0983. The summed E-state index contributed by atoms with van der Waals surface area (Å²) in [5.41, 5.74) is 3.34. The molecule has 0 aliphatic carbocycles. The molecule has 0 spiro atoms. The van der Waals surface area contributed by atoms with Crippen molar-refractivity contribution in [2.75, 3.05) is 17.2 Å². The maximum absolute atomic E-state index is 13.1. The summed E-state index contributed by atoms with van der Waals surface area (Å²) >= 11 is 0. The molecular weight excluding hydrogens is 340 g/mol. The molecule has 7 nitrogen and oxygen atoms in total. The van der Waals surface area contributed by atoms with Gasteiger partial charge < -0.3 is 9.88 Å². The van der Waals surface area contributed by atoms with E-state index in [-0.39, 0.29) is 23.2 Å². The Balaban J connectivity index is 1.83. The van der Waals surface area contributed by atoms with Crippen molar-refractivity contribution in [3.8, 4) is 0 Å². The third kappa shape index (κ3) is 2.36. The zero-order valence-electron chi connectivity index (χ0n) is 14.2. The summed E-state index contributed by atoms with van der Waals surface area (Å²) in [6.07, 6.45) is 0. The number of aromatic amines is 1.